The van der Waals surface area contributed by atoms with Crippen LogP contribution in [-0.2, 0) is 64.0 Å². The first-order chi connectivity index (χ1) is 18.7. The highest BCUT2D eigenvalue weighted by Crippen LogP contribution is 2.45. The highest BCUT2D eigenvalue weighted by molar-refractivity contribution is 5.59. The molecule has 0 bridgehead atoms. The molecule has 0 aliphatic carbocycles. The number of phenols is 3. The molecule has 0 radical (unpaired) electrons. The highest BCUT2D eigenvalue weighted by atomic mass is 16.5. The summed E-state index contributed by atoms with van der Waals surface area (Å²) in [4.78, 5) is 0. The Hall–Kier alpha value is -3.18. The SMILES string of the molecule is COCc1cc(C(C)(c2cc(CO)c(O)c(CO)c2)c2cc(COC)c(O)c(COC)c2)cc(COC)c1O. The minimum absolute atomic E-state index is 0.0634. The summed E-state index contributed by atoms with van der Waals surface area (Å²) in [5.74, 6) is -0.0512. The number of benzene rings is 3. The molecule has 3 aromatic rings. The third-order valence-corrected chi connectivity index (χ3v) is 7.08. The molecule has 212 valence electrons. The second kappa shape index (κ2) is 13.3. The van der Waals surface area contributed by atoms with E-state index < -0.39 is 18.6 Å². The molecule has 39 heavy (non-hydrogen) atoms. The number of aliphatic hydroxyl groups is 2. The van der Waals surface area contributed by atoms with Gasteiger partial charge in [-0.3, -0.25) is 0 Å². The van der Waals surface area contributed by atoms with Gasteiger partial charge in [-0.15, -0.1) is 0 Å². The van der Waals surface area contributed by atoms with Crippen LogP contribution in [0.2, 0.25) is 0 Å². The molecule has 5 N–H and O–H groups in total. The fourth-order valence-corrected chi connectivity index (χ4v) is 4.95. The quantitative estimate of drug-likeness (QED) is 0.205. The minimum Gasteiger partial charge on any atom is -0.507 e. The first-order valence-electron chi connectivity index (χ1n) is 12.4. The van der Waals surface area contributed by atoms with Gasteiger partial charge in [-0.25, -0.2) is 0 Å². The van der Waals surface area contributed by atoms with Crippen molar-refractivity contribution < 1.29 is 44.5 Å². The second-order valence-corrected chi connectivity index (χ2v) is 9.60. The molecule has 0 saturated carbocycles. The van der Waals surface area contributed by atoms with Crippen molar-refractivity contribution >= 4 is 0 Å². The summed E-state index contributed by atoms with van der Waals surface area (Å²) in [6.07, 6.45) is 0. The van der Waals surface area contributed by atoms with Gasteiger partial charge in [0.25, 0.3) is 0 Å². The number of ether oxygens (including phenoxy) is 4. The van der Waals surface area contributed by atoms with Crippen LogP contribution in [-0.4, -0.2) is 54.0 Å². The van der Waals surface area contributed by atoms with E-state index in [-0.39, 0.29) is 54.8 Å². The molecule has 0 unspecified atom stereocenters. The van der Waals surface area contributed by atoms with Crippen LogP contribution in [0.1, 0.15) is 57.0 Å². The van der Waals surface area contributed by atoms with Gasteiger partial charge in [0.15, 0.2) is 0 Å². The molecule has 9 heteroatoms. The second-order valence-electron chi connectivity index (χ2n) is 9.60. The maximum Gasteiger partial charge on any atom is 0.126 e. The molecule has 0 fully saturated rings. The van der Waals surface area contributed by atoms with Crippen LogP contribution in [0, 0.1) is 0 Å². The van der Waals surface area contributed by atoms with Crippen molar-refractivity contribution in [2.24, 2.45) is 0 Å². The Morgan fingerprint density at radius 2 is 0.718 bits per heavy atom. The predicted octanol–water partition coefficient (Wildman–Crippen LogP) is 3.73. The van der Waals surface area contributed by atoms with Crippen LogP contribution >= 0.6 is 0 Å². The van der Waals surface area contributed by atoms with E-state index in [4.69, 9.17) is 18.9 Å². The zero-order chi connectivity index (χ0) is 28.7. The van der Waals surface area contributed by atoms with Gasteiger partial charge in [0.1, 0.15) is 17.2 Å². The van der Waals surface area contributed by atoms with Crippen LogP contribution in [0.15, 0.2) is 36.4 Å². The summed E-state index contributed by atoms with van der Waals surface area (Å²) in [5, 5.41) is 52.5. The van der Waals surface area contributed by atoms with E-state index in [1.807, 2.05) is 31.2 Å². The van der Waals surface area contributed by atoms with Crippen molar-refractivity contribution in [3.8, 4) is 17.2 Å². The van der Waals surface area contributed by atoms with Gasteiger partial charge in [-0.2, -0.15) is 0 Å². The van der Waals surface area contributed by atoms with Gasteiger partial charge < -0.3 is 44.5 Å². The minimum atomic E-state index is -0.987. The lowest BCUT2D eigenvalue weighted by molar-refractivity contribution is 0.174. The van der Waals surface area contributed by atoms with E-state index in [0.717, 1.165) is 11.1 Å². The molecule has 0 aliphatic rings. The van der Waals surface area contributed by atoms with Gasteiger partial charge in [0.05, 0.1) is 39.6 Å². The number of aromatic hydroxyl groups is 3. The number of rotatable bonds is 13. The molecular formula is C30H38O9. The molecule has 0 amide bonds. The third-order valence-electron chi connectivity index (χ3n) is 7.08. The third kappa shape index (κ3) is 6.04. The fourth-order valence-electron chi connectivity index (χ4n) is 4.95. The lowest BCUT2D eigenvalue weighted by atomic mass is 9.69. The van der Waals surface area contributed by atoms with E-state index in [9.17, 15) is 25.5 Å². The van der Waals surface area contributed by atoms with E-state index in [2.05, 4.69) is 0 Å². The summed E-state index contributed by atoms with van der Waals surface area (Å²) >= 11 is 0. The fraction of sp³-hybridized carbons (Fsp3) is 0.400. The van der Waals surface area contributed by atoms with E-state index in [0.29, 0.717) is 27.8 Å². The molecule has 0 saturated heterocycles. The predicted molar refractivity (Wildman–Crippen MR) is 145 cm³/mol. The van der Waals surface area contributed by atoms with Gasteiger partial charge in [0.2, 0.25) is 0 Å². The Labute approximate surface area is 228 Å². The van der Waals surface area contributed by atoms with Gasteiger partial charge in [-0.05, 0) is 60.0 Å². The Kier molecular flexibility index (Phi) is 10.3. The molecule has 0 aliphatic heterocycles. The largest absolute Gasteiger partial charge is 0.507 e. The number of phenolic OH excluding ortho intramolecular Hbond substituents is 2. The highest BCUT2D eigenvalue weighted by Gasteiger charge is 2.35. The average molecular weight is 543 g/mol. The van der Waals surface area contributed by atoms with Crippen molar-refractivity contribution in [3.05, 3.63) is 86.5 Å². The Morgan fingerprint density at radius 1 is 0.487 bits per heavy atom. The Bertz CT molecular complexity index is 1140. The smallest absolute Gasteiger partial charge is 0.126 e. The molecule has 9 nitrogen and oxygen atoms in total. The maximum absolute atomic E-state index is 10.9. The summed E-state index contributed by atoms with van der Waals surface area (Å²) in [6.45, 7) is 1.65. The van der Waals surface area contributed by atoms with Gasteiger partial charge >= 0.3 is 0 Å². The van der Waals surface area contributed by atoms with Gasteiger partial charge in [0, 0.05) is 67.2 Å². The first-order valence-corrected chi connectivity index (χ1v) is 12.4. The molecule has 0 spiro atoms. The van der Waals surface area contributed by atoms with Crippen molar-refractivity contribution in [1.29, 1.82) is 0 Å². The molecule has 0 atom stereocenters. The summed E-state index contributed by atoms with van der Waals surface area (Å²) in [5.41, 5.74) is 3.85. The van der Waals surface area contributed by atoms with Crippen molar-refractivity contribution in [2.45, 2.75) is 52.0 Å². The lowest BCUT2D eigenvalue weighted by Crippen LogP contribution is -2.27. The average Bonchev–Trinajstić information content (AvgIpc) is 2.93. The van der Waals surface area contributed by atoms with Crippen LogP contribution < -0.4 is 0 Å². The van der Waals surface area contributed by atoms with E-state index in [1.165, 1.54) is 28.4 Å². The number of methoxy groups -OCH3 is 4. The van der Waals surface area contributed by atoms with Gasteiger partial charge in [-0.1, -0.05) is 0 Å². The lowest BCUT2D eigenvalue weighted by Gasteiger charge is -2.35. The Balaban J connectivity index is 2.49. The Morgan fingerprint density at radius 3 is 0.949 bits per heavy atom. The zero-order valence-electron chi connectivity index (χ0n) is 23.1. The number of hydrogen-bond donors (Lipinski definition) is 5. The summed E-state index contributed by atoms with van der Waals surface area (Å²) in [6, 6.07) is 10.7. The van der Waals surface area contributed by atoms with Crippen LogP contribution in [0.4, 0.5) is 0 Å². The van der Waals surface area contributed by atoms with E-state index in [1.54, 1.807) is 12.1 Å². The molecular weight excluding hydrogens is 504 g/mol. The summed E-state index contributed by atoms with van der Waals surface area (Å²) < 4.78 is 21.4. The normalized spacial score (nSPS) is 11.8. The molecule has 3 aromatic carbocycles. The van der Waals surface area contributed by atoms with Crippen LogP contribution in [0.25, 0.3) is 0 Å². The number of aliphatic hydroxyl groups excluding tert-OH is 2. The first kappa shape index (κ1) is 30.4. The van der Waals surface area contributed by atoms with Crippen molar-refractivity contribution in [2.75, 3.05) is 28.4 Å². The van der Waals surface area contributed by atoms with Crippen LogP contribution in [0.5, 0.6) is 17.2 Å². The molecule has 0 aromatic heterocycles. The summed E-state index contributed by atoms with van der Waals surface area (Å²) in [7, 11) is 6.15. The zero-order valence-corrected chi connectivity index (χ0v) is 23.1. The number of hydrogen-bond acceptors (Lipinski definition) is 9. The van der Waals surface area contributed by atoms with Crippen molar-refractivity contribution in [1.82, 2.24) is 0 Å². The molecule has 3 rings (SSSR count). The maximum atomic E-state index is 10.9. The molecule has 0 heterocycles. The standard InChI is InChI=1S/C30H38O9/c1-30(24-6-18(12-31)27(33)19(7-24)13-32,25-8-20(14-36-2)28(34)21(9-25)15-37-3)26-10-22(16-38-4)29(35)23(11-26)17-39-5/h6-11,31-35H,12-17H2,1-5H3. The van der Waals surface area contributed by atoms with E-state index >= 15 is 0 Å². The van der Waals surface area contributed by atoms with Crippen molar-refractivity contribution in [3.63, 3.8) is 0 Å². The topological polar surface area (TPSA) is 138 Å². The monoisotopic (exact) mass is 542 g/mol. The van der Waals surface area contributed by atoms with Crippen LogP contribution in [0.3, 0.4) is 0 Å².